The largest absolute Gasteiger partial charge is 0.326 e. The van der Waals surface area contributed by atoms with E-state index in [0.29, 0.717) is 6.54 Å². The molecule has 0 heterocycles. The standard InChI is InChI=1S/C15H17BrN2O2S/c16-15-7-2-1-6-14(15)10-18-21(19,20)11-13-5-3-4-12(8-13)9-17/h1-8,18H,9-11,17H2. The molecule has 0 spiro atoms. The third kappa shape index (κ3) is 4.93. The molecule has 2 aromatic carbocycles. The van der Waals surface area contributed by atoms with Crippen LogP contribution in [-0.4, -0.2) is 8.42 Å². The lowest BCUT2D eigenvalue weighted by Crippen LogP contribution is -2.25. The second-order valence-corrected chi connectivity index (χ2v) is 7.36. The molecule has 0 aliphatic carbocycles. The van der Waals surface area contributed by atoms with Gasteiger partial charge < -0.3 is 5.73 Å². The number of hydrogen-bond donors (Lipinski definition) is 2. The zero-order chi connectivity index (χ0) is 15.3. The van der Waals surface area contributed by atoms with Crippen LogP contribution in [0.3, 0.4) is 0 Å². The Hall–Kier alpha value is -1.21. The lowest BCUT2D eigenvalue weighted by atomic mass is 10.1. The molecule has 0 atom stereocenters. The van der Waals surface area contributed by atoms with Crippen molar-refractivity contribution >= 4 is 26.0 Å². The molecule has 0 bridgehead atoms. The number of rotatable bonds is 6. The fourth-order valence-electron chi connectivity index (χ4n) is 1.95. The van der Waals surface area contributed by atoms with Crippen molar-refractivity contribution < 1.29 is 8.42 Å². The second-order valence-electron chi connectivity index (χ2n) is 4.70. The molecule has 6 heteroatoms. The summed E-state index contributed by atoms with van der Waals surface area (Å²) in [5.41, 5.74) is 8.12. The molecule has 0 saturated carbocycles. The van der Waals surface area contributed by atoms with Crippen LogP contribution in [0, 0.1) is 0 Å². The van der Waals surface area contributed by atoms with Gasteiger partial charge in [-0.25, -0.2) is 13.1 Å². The van der Waals surface area contributed by atoms with Crippen molar-refractivity contribution in [1.82, 2.24) is 4.72 Å². The van der Waals surface area contributed by atoms with Crippen LogP contribution < -0.4 is 10.5 Å². The summed E-state index contributed by atoms with van der Waals surface area (Å²) in [5, 5.41) is 0. The Morgan fingerprint density at radius 1 is 1.05 bits per heavy atom. The highest BCUT2D eigenvalue weighted by Gasteiger charge is 2.12. The van der Waals surface area contributed by atoms with E-state index in [1.807, 2.05) is 42.5 Å². The normalized spacial score (nSPS) is 11.5. The van der Waals surface area contributed by atoms with Crippen LogP contribution in [0.2, 0.25) is 0 Å². The molecular weight excluding hydrogens is 352 g/mol. The molecule has 21 heavy (non-hydrogen) atoms. The van der Waals surface area contributed by atoms with E-state index >= 15 is 0 Å². The molecule has 0 radical (unpaired) electrons. The molecule has 0 aliphatic rings. The molecule has 3 N–H and O–H groups in total. The van der Waals surface area contributed by atoms with Gasteiger partial charge in [0.15, 0.2) is 0 Å². The van der Waals surface area contributed by atoms with Crippen LogP contribution in [0.5, 0.6) is 0 Å². The minimum Gasteiger partial charge on any atom is -0.326 e. The fraction of sp³-hybridized carbons (Fsp3) is 0.200. The van der Waals surface area contributed by atoms with E-state index in [4.69, 9.17) is 5.73 Å². The van der Waals surface area contributed by atoms with Gasteiger partial charge in [0.05, 0.1) is 5.75 Å². The van der Waals surface area contributed by atoms with Crippen LogP contribution >= 0.6 is 15.9 Å². The first-order chi connectivity index (χ1) is 10.00. The molecule has 0 amide bonds. The van der Waals surface area contributed by atoms with Crippen molar-refractivity contribution in [3.05, 3.63) is 69.7 Å². The van der Waals surface area contributed by atoms with Gasteiger partial charge in [0.25, 0.3) is 0 Å². The van der Waals surface area contributed by atoms with Gasteiger partial charge in [-0.15, -0.1) is 0 Å². The Labute approximate surface area is 133 Å². The predicted molar refractivity (Wildman–Crippen MR) is 87.9 cm³/mol. The van der Waals surface area contributed by atoms with Crippen molar-refractivity contribution in [2.75, 3.05) is 0 Å². The number of halogens is 1. The average Bonchev–Trinajstić information content (AvgIpc) is 2.46. The summed E-state index contributed by atoms with van der Waals surface area (Å²) in [5.74, 6) is -0.0503. The molecule has 0 fully saturated rings. The number of hydrogen-bond acceptors (Lipinski definition) is 3. The maximum Gasteiger partial charge on any atom is 0.216 e. The van der Waals surface area contributed by atoms with Crippen molar-refractivity contribution in [2.45, 2.75) is 18.8 Å². The highest BCUT2D eigenvalue weighted by molar-refractivity contribution is 9.10. The minimum atomic E-state index is -3.39. The molecule has 2 rings (SSSR count). The topological polar surface area (TPSA) is 72.2 Å². The highest BCUT2D eigenvalue weighted by Crippen LogP contribution is 2.16. The van der Waals surface area contributed by atoms with Crippen molar-refractivity contribution in [3.8, 4) is 0 Å². The zero-order valence-corrected chi connectivity index (χ0v) is 13.8. The highest BCUT2D eigenvalue weighted by atomic mass is 79.9. The van der Waals surface area contributed by atoms with Crippen LogP contribution in [0.25, 0.3) is 0 Å². The lowest BCUT2D eigenvalue weighted by Gasteiger charge is -2.09. The predicted octanol–water partition coefficient (Wildman–Crippen LogP) is 2.53. The third-order valence-corrected chi connectivity index (χ3v) is 5.10. The summed E-state index contributed by atoms with van der Waals surface area (Å²) < 4.78 is 27.8. The third-order valence-electron chi connectivity index (χ3n) is 3.02. The summed E-state index contributed by atoms with van der Waals surface area (Å²) in [7, 11) is -3.39. The smallest absolute Gasteiger partial charge is 0.216 e. The van der Waals surface area contributed by atoms with Crippen molar-refractivity contribution in [1.29, 1.82) is 0 Å². The maximum absolute atomic E-state index is 12.1. The fourth-order valence-corrected chi connectivity index (χ4v) is 3.47. The second kappa shape index (κ2) is 7.17. The molecule has 4 nitrogen and oxygen atoms in total. The van der Waals surface area contributed by atoms with Gasteiger partial charge in [-0.05, 0) is 22.8 Å². The van der Waals surface area contributed by atoms with Gasteiger partial charge in [-0.3, -0.25) is 0 Å². The van der Waals surface area contributed by atoms with E-state index in [1.54, 1.807) is 6.07 Å². The van der Waals surface area contributed by atoms with Crippen molar-refractivity contribution in [3.63, 3.8) is 0 Å². The first-order valence-corrected chi connectivity index (χ1v) is 8.93. The van der Waals surface area contributed by atoms with Gasteiger partial charge in [-0.2, -0.15) is 0 Å². The van der Waals surface area contributed by atoms with Crippen LogP contribution in [0.1, 0.15) is 16.7 Å². The van der Waals surface area contributed by atoms with E-state index in [1.165, 1.54) is 0 Å². The molecular formula is C15H17BrN2O2S. The van der Waals surface area contributed by atoms with E-state index in [9.17, 15) is 8.42 Å². The van der Waals surface area contributed by atoms with E-state index in [-0.39, 0.29) is 12.3 Å². The number of nitrogens with two attached hydrogens (primary N) is 1. The Morgan fingerprint density at radius 3 is 2.48 bits per heavy atom. The number of benzene rings is 2. The van der Waals surface area contributed by atoms with E-state index < -0.39 is 10.0 Å². The quantitative estimate of drug-likeness (QED) is 0.822. The molecule has 0 unspecified atom stereocenters. The molecule has 0 saturated heterocycles. The van der Waals surface area contributed by atoms with Crippen molar-refractivity contribution in [2.24, 2.45) is 5.73 Å². The Kier molecular flexibility index (Phi) is 5.52. The Morgan fingerprint density at radius 2 is 1.76 bits per heavy atom. The lowest BCUT2D eigenvalue weighted by molar-refractivity contribution is 0.580. The number of nitrogens with one attached hydrogen (secondary N) is 1. The Bertz CT molecular complexity index is 717. The average molecular weight is 369 g/mol. The molecule has 0 aromatic heterocycles. The maximum atomic E-state index is 12.1. The number of sulfonamides is 1. The molecule has 0 aliphatic heterocycles. The Balaban J connectivity index is 2.03. The van der Waals surface area contributed by atoms with E-state index in [2.05, 4.69) is 20.7 Å². The van der Waals surface area contributed by atoms with Gasteiger partial charge in [0.2, 0.25) is 10.0 Å². The minimum absolute atomic E-state index is 0.0503. The van der Waals surface area contributed by atoms with Gasteiger partial charge in [0.1, 0.15) is 0 Å². The first-order valence-electron chi connectivity index (χ1n) is 6.49. The zero-order valence-electron chi connectivity index (χ0n) is 11.4. The van der Waals surface area contributed by atoms with Crippen LogP contribution in [0.15, 0.2) is 53.0 Å². The SMILES string of the molecule is NCc1cccc(CS(=O)(=O)NCc2ccccc2Br)c1. The molecule has 2 aromatic rings. The summed E-state index contributed by atoms with van der Waals surface area (Å²) in [4.78, 5) is 0. The molecule has 112 valence electrons. The van der Waals surface area contributed by atoms with Gasteiger partial charge in [0, 0.05) is 17.6 Å². The monoisotopic (exact) mass is 368 g/mol. The van der Waals surface area contributed by atoms with Gasteiger partial charge in [-0.1, -0.05) is 58.4 Å². The summed E-state index contributed by atoms with van der Waals surface area (Å²) in [6, 6.07) is 14.8. The summed E-state index contributed by atoms with van der Waals surface area (Å²) in [6.07, 6.45) is 0. The first kappa shape index (κ1) is 16.2. The van der Waals surface area contributed by atoms with E-state index in [0.717, 1.165) is 21.2 Å². The van der Waals surface area contributed by atoms with Crippen LogP contribution in [-0.2, 0) is 28.9 Å². The summed E-state index contributed by atoms with van der Waals surface area (Å²) in [6.45, 7) is 0.665. The van der Waals surface area contributed by atoms with Gasteiger partial charge >= 0.3 is 0 Å². The van der Waals surface area contributed by atoms with Crippen LogP contribution in [0.4, 0.5) is 0 Å². The summed E-state index contributed by atoms with van der Waals surface area (Å²) >= 11 is 3.40.